The quantitative estimate of drug-likeness (QED) is 0.355. The Morgan fingerprint density at radius 2 is 2.05 bits per heavy atom. The fraction of sp³-hybridized carbons (Fsp3) is 0.429. The van der Waals surface area contributed by atoms with Crippen LogP contribution in [0.15, 0.2) is 50.9 Å². The molecule has 2 aromatic carbocycles. The minimum Gasteiger partial charge on any atom is -0.508 e. The van der Waals surface area contributed by atoms with E-state index >= 15 is 0 Å². The second-order valence-electron chi connectivity index (χ2n) is 11.5. The summed E-state index contributed by atoms with van der Waals surface area (Å²) >= 11 is 0. The number of piperidine rings is 1. The van der Waals surface area contributed by atoms with Crippen molar-refractivity contribution >= 4 is 22.7 Å². The van der Waals surface area contributed by atoms with Crippen molar-refractivity contribution in [1.82, 2.24) is 9.88 Å². The minimum absolute atomic E-state index is 0.0325. The Labute approximate surface area is 216 Å². The number of likely N-dealkylation sites (tertiary alicyclic amines) is 1. The zero-order chi connectivity index (χ0) is 26.0. The summed E-state index contributed by atoms with van der Waals surface area (Å²) in [5, 5.41) is 37.7. The van der Waals surface area contributed by atoms with Crippen LogP contribution < -0.4 is 15.8 Å². The lowest BCUT2D eigenvalue weighted by Crippen LogP contribution is -2.75. The molecule has 3 aromatic rings. The molecule has 1 saturated heterocycles. The van der Waals surface area contributed by atoms with E-state index in [1.807, 2.05) is 6.07 Å². The Morgan fingerprint density at radius 3 is 2.87 bits per heavy atom. The van der Waals surface area contributed by atoms with E-state index < -0.39 is 28.8 Å². The van der Waals surface area contributed by atoms with Crippen LogP contribution in [0, 0.1) is 5.92 Å². The highest BCUT2D eigenvalue weighted by Crippen LogP contribution is 2.66. The number of ether oxygens (including phenoxy) is 1. The van der Waals surface area contributed by atoms with Crippen LogP contribution in [0.25, 0.3) is 11.1 Å². The number of phenolic OH excluding ortho intramolecular Hbond substituents is 1. The van der Waals surface area contributed by atoms with Crippen LogP contribution in [0.4, 0.5) is 5.69 Å². The molecule has 0 radical (unpaired) electrons. The first kappa shape index (κ1) is 22.2. The van der Waals surface area contributed by atoms with Crippen LogP contribution in [0.1, 0.15) is 36.8 Å². The summed E-state index contributed by atoms with van der Waals surface area (Å²) in [6, 6.07) is 8.00. The number of hydrogen-bond acceptors (Lipinski definition) is 8. The largest absolute Gasteiger partial charge is 0.508 e. The molecule has 2 aliphatic heterocycles. The van der Waals surface area contributed by atoms with Gasteiger partial charge in [-0.2, -0.15) is 0 Å². The first-order chi connectivity index (χ1) is 18.3. The summed E-state index contributed by atoms with van der Waals surface area (Å²) in [6.45, 7) is 1.64. The molecule has 0 unspecified atom stereocenters. The number of aliphatic hydroxyl groups excluding tert-OH is 1. The lowest BCUT2D eigenvalue weighted by atomic mass is 9.49. The van der Waals surface area contributed by atoms with Crippen molar-refractivity contribution in [3.63, 3.8) is 0 Å². The van der Waals surface area contributed by atoms with Crippen molar-refractivity contribution < 1.29 is 29.3 Å². The first-order valence-corrected chi connectivity index (χ1v) is 13.1. The van der Waals surface area contributed by atoms with Crippen LogP contribution >= 0.6 is 0 Å². The van der Waals surface area contributed by atoms with E-state index in [9.17, 15) is 24.9 Å². The van der Waals surface area contributed by atoms with Crippen molar-refractivity contribution in [2.75, 3.05) is 18.4 Å². The highest BCUT2D eigenvalue weighted by molar-refractivity contribution is 6.05. The number of amides is 1. The Balaban J connectivity index is 1.23. The van der Waals surface area contributed by atoms with E-state index in [-0.39, 0.29) is 29.5 Å². The molecule has 4 atom stereocenters. The zero-order valence-corrected chi connectivity index (χ0v) is 20.5. The summed E-state index contributed by atoms with van der Waals surface area (Å²) in [5.41, 5.74) is 0.707. The number of H-pyrrole nitrogens is 1. The van der Waals surface area contributed by atoms with E-state index in [4.69, 9.17) is 9.15 Å². The minimum atomic E-state index is -1.38. The Kier molecular flexibility index (Phi) is 4.22. The normalized spacial score (nSPS) is 31.3. The number of rotatable bonds is 4. The molecule has 1 spiro atoms. The summed E-state index contributed by atoms with van der Waals surface area (Å²) in [7, 11) is 0. The van der Waals surface area contributed by atoms with Gasteiger partial charge in [-0.1, -0.05) is 6.07 Å². The van der Waals surface area contributed by atoms with Crippen molar-refractivity contribution in [3.05, 3.63) is 63.3 Å². The number of hydrogen-bond donors (Lipinski definition) is 5. The maximum atomic E-state index is 13.6. The van der Waals surface area contributed by atoms with Crippen molar-refractivity contribution in [1.29, 1.82) is 0 Å². The summed E-state index contributed by atoms with van der Waals surface area (Å²) in [5.74, 6) is -0.485. The molecule has 1 aromatic heterocycles. The number of anilines is 1. The fourth-order valence-corrected chi connectivity index (χ4v) is 7.60. The molecule has 3 heterocycles. The van der Waals surface area contributed by atoms with Gasteiger partial charge >= 0.3 is 5.76 Å². The number of aromatic hydroxyl groups is 1. The molecule has 8 rings (SSSR count). The van der Waals surface area contributed by atoms with Crippen LogP contribution in [0.2, 0.25) is 0 Å². The number of aromatic nitrogens is 1. The van der Waals surface area contributed by atoms with Crippen LogP contribution in [0.3, 0.4) is 0 Å². The Hall–Kier alpha value is -3.76. The lowest BCUT2D eigenvalue weighted by molar-refractivity contribution is -0.172. The molecule has 38 heavy (non-hydrogen) atoms. The smallest absolute Gasteiger partial charge is 0.417 e. The molecular formula is C28H27N3O7. The summed E-state index contributed by atoms with van der Waals surface area (Å²) in [6.07, 6.45) is 2.47. The van der Waals surface area contributed by atoms with Gasteiger partial charge < -0.3 is 29.8 Å². The third kappa shape index (κ3) is 2.74. The Bertz CT molecular complexity index is 1630. The molecule has 196 valence electrons. The molecule has 2 bridgehead atoms. The highest BCUT2D eigenvalue weighted by atomic mass is 16.5. The van der Waals surface area contributed by atoms with Crippen LogP contribution in [-0.4, -0.2) is 61.9 Å². The molecule has 10 nitrogen and oxygen atoms in total. The standard InChI is InChI=1S/C28H27N3O7/c32-18-5-3-14-9-20-28(36)11-16(25(34)29-15-4-6-19-17(10-15)30-26(35)37-19)22(33)24-27(28,21(14)23(18)38-24)7-8-31(20)12-13-1-2-13/h3-6,10,13,20,24,32-33,36H,1-2,7-9,11-12H2,(H,29,34)(H,30,35)/t20-,24+,27+,28-/m1/s1. The third-order valence-corrected chi connectivity index (χ3v) is 9.47. The first-order valence-electron chi connectivity index (χ1n) is 13.1. The number of benzene rings is 2. The molecule has 5 N–H and O–H groups in total. The molecule has 2 fully saturated rings. The molecule has 10 heteroatoms. The lowest BCUT2D eigenvalue weighted by Gasteiger charge is -2.62. The maximum Gasteiger partial charge on any atom is 0.417 e. The number of phenols is 1. The number of nitrogens with zero attached hydrogens (tertiary/aromatic N) is 1. The number of aliphatic hydroxyl groups is 2. The predicted molar refractivity (Wildman–Crippen MR) is 135 cm³/mol. The van der Waals surface area contributed by atoms with E-state index in [1.54, 1.807) is 24.3 Å². The van der Waals surface area contributed by atoms with Gasteiger partial charge in [0.2, 0.25) is 0 Å². The molecule has 3 aliphatic carbocycles. The van der Waals surface area contributed by atoms with Gasteiger partial charge in [0.1, 0.15) is 5.76 Å². The van der Waals surface area contributed by atoms with Gasteiger partial charge in [-0.25, -0.2) is 4.79 Å². The highest BCUT2D eigenvalue weighted by Gasteiger charge is 2.73. The monoisotopic (exact) mass is 517 g/mol. The van der Waals surface area contributed by atoms with Crippen molar-refractivity contribution in [3.8, 4) is 11.5 Å². The van der Waals surface area contributed by atoms with Crippen LogP contribution in [-0.2, 0) is 16.6 Å². The van der Waals surface area contributed by atoms with Crippen molar-refractivity contribution in [2.24, 2.45) is 5.92 Å². The van der Waals surface area contributed by atoms with E-state index in [0.29, 0.717) is 41.3 Å². The zero-order valence-electron chi connectivity index (χ0n) is 20.5. The van der Waals surface area contributed by atoms with Gasteiger partial charge in [0, 0.05) is 30.3 Å². The van der Waals surface area contributed by atoms with Gasteiger partial charge in [-0.3, -0.25) is 14.7 Å². The van der Waals surface area contributed by atoms with Gasteiger partial charge in [-0.05, 0) is 68.0 Å². The number of carbonyl (C=O) groups excluding carboxylic acids is 1. The number of oxazole rings is 1. The molecule has 1 amide bonds. The molecule has 1 saturated carbocycles. The topological polar surface area (TPSA) is 148 Å². The second kappa shape index (κ2) is 7.21. The summed E-state index contributed by atoms with van der Waals surface area (Å²) in [4.78, 5) is 30.0. The number of nitrogens with one attached hydrogen (secondary N) is 2. The van der Waals surface area contributed by atoms with Gasteiger partial charge in [0.25, 0.3) is 5.91 Å². The number of fused-ring (bicyclic) bond motifs is 1. The number of carbonyl (C=O) groups is 1. The third-order valence-electron chi connectivity index (χ3n) is 9.47. The van der Waals surface area contributed by atoms with Gasteiger partial charge in [0.05, 0.1) is 22.1 Å². The fourth-order valence-electron chi connectivity index (χ4n) is 7.60. The number of aromatic amines is 1. The van der Waals surface area contributed by atoms with Gasteiger partial charge in [-0.15, -0.1) is 0 Å². The SMILES string of the molecule is O=C(Nc1ccc2oc(=O)[nH]c2c1)C1=C(O)[C@@H]2Oc3c(O)ccc4c3[C@@]23CCN(CC2CC2)[C@H](C4)[C@]3(O)C1. The molecular weight excluding hydrogens is 490 g/mol. The van der Waals surface area contributed by atoms with E-state index in [0.717, 1.165) is 24.2 Å². The average Bonchev–Trinajstić information content (AvgIpc) is 3.51. The average molecular weight is 518 g/mol. The predicted octanol–water partition coefficient (Wildman–Crippen LogP) is 2.45. The van der Waals surface area contributed by atoms with Crippen molar-refractivity contribution in [2.45, 2.75) is 55.3 Å². The molecule has 5 aliphatic rings. The van der Waals surface area contributed by atoms with E-state index in [2.05, 4.69) is 15.2 Å². The summed E-state index contributed by atoms with van der Waals surface area (Å²) < 4.78 is 11.3. The van der Waals surface area contributed by atoms with E-state index in [1.165, 1.54) is 12.8 Å². The maximum absolute atomic E-state index is 13.6. The Morgan fingerprint density at radius 1 is 1.21 bits per heavy atom. The second-order valence-corrected chi connectivity index (χ2v) is 11.5. The van der Waals surface area contributed by atoms with Crippen LogP contribution in [0.5, 0.6) is 11.5 Å². The van der Waals surface area contributed by atoms with Gasteiger partial charge in [0.15, 0.2) is 23.2 Å².